The number of carboxylic acid groups (broad SMARTS) is 1. The maximum absolute atomic E-state index is 10.6. The molecule has 12 heavy (non-hydrogen) atoms. The molecule has 0 bridgehead atoms. The maximum atomic E-state index is 10.6. The molecule has 0 amide bonds. The average Bonchev–Trinajstić information content (AvgIpc) is 1.86. The summed E-state index contributed by atoms with van der Waals surface area (Å²) in [7, 11) is 4.30. The number of carboxylic acids is 1. The molecule has 3 nitrogen and oxygen atoms in total. The van der Waals surface area contributed by atoms with Crippen LogP contribution in [0.4, 0.5) is 0 Å². The van der Waals surface area contributed by atoms with Crippen LogP contribution < -0.4 is 24.0 Å². The van der Waals surface area contributed by atoms with E-state index in [2.05, 4.69) is 14.1 Å². The van der Waals surface area contributed by atoms with Gasteiger partial charge in [-0.2, -0.15) is 0 Å². The minimum atomic E-state index is -0.621. The average molecular weight is 285 g/mol. The molecule has 1 fully saturated rings. The van der Waals surface area contributed by atoms with Crippen LogP contribution in [0.15, 0.2) is 0 Å². The first kappa shape index (κ1) is 12.2. The van der Waals surface area contributed by atoms with Gasteiger partial charge in [-0.15, -0.1) is 0 Å². The molecular formula is C8H16INO2+2. The number of rotatable bonds is 1. The number of hydrogen-bond acceptors (Lipinski definition) is 1. The van der Waals surface area contributed by atoms with Gasteiger partial charge < -0.3 is 9.59 Å². The van der Waals surface area contributed by atoms with Crippen molar-refractivity contribution in [2.45, 2.75) is 12.8 Å². The van der Waals surface area contributed by atoms with Crippen LogP contribution in [-0.4, -0.2) is 42.7 Å². The molecule has 1 saturated heterocycles. The molecule has 0 unspecified atom stereocenters. The third kappa shape index (κ3) is 3.26. The molecule has 0 spiro atoms. The highest BCUT2D eigenvalue weighted by Crippen LogP contribution is 2.19. The number of carbonyl (C=O) groups is 1. The van der Waals surface area contributed by atoms with Crippen LogP contribution in [0.25, 0.3) is 0 Å². The van der Waals surface area contributed by atoms with Crippen molar-refractivity contribution in [2.24, 2.45) is 5.92 Å². The van der Waals surface area contributed by atoms with Crippen LogP contribution in [-0.2, 0) is 4.79 Å². The van der Waals surface area contributed by atoms with Gasteiger partial charge in [0.2, 0.25) is 0 Å². The highest BCUT2D eigenvalue weighted by molar-refractivity contribution is 5.69. The van der Waals surface area contributed by atoms with E-state index < -0.39 is 5.97 Å². The second-order valence-electron chi connectivity index (χ2n) is 4.00. The normalized spacial score (nSPS) is 22.8. The van der Waals surface area contributed by atoms with Crippen LogP contribution in [0.1, 0.15) is 12.8 Å². The Balaban J connectivity index is 0.00000121. The Morgan fingerprint density at radius 3 is 2.08 bits per heavy atom. The van der Waals surface area contributed by atoms with E-state index in [1.807, 2.05) is 0 Å². The molecule has 0 atom stereocenters. The molecule has 1 N–H and O–H groups in total. The Morgan fingerprint density at radius 1 is 1.33 bits per heavy atom. The van der Waals surface area contributed by atoms with Gasteiger partial charge in [0, 0.05) is 12.8 Å². The first-order chi connectivity index (χ1) is 5.01. The van der Waals surface area contributed by atoms with E-state index in [1.165, 1.54) is 0 Å². The van der Waals surface area contributed by atoms with Crippen molar-refractivity contribution in [3.8, 4) is 0 Å². The summed E-state index contributed by atoms with van der Waals surface area (Å²) in [5.41, 5.74) is 0. The van der Waals surface area contributed by atoms with Gasteiger partial charge in [-0.25, -0.2) is 0 Å². The summed E-state index contributed by atoms with van der Waals surface area (Å²) < 4.78 is 0.976. The van der Waals surface area contributed by atoms with Gasteiger partial charge in [-0.3, -0.25) is 4.79 Å². The van der Waals surface area contributed by atoms with E-state index in [0.717, 1.165) is 30.4 Å². The summed E-state index contributed by atoms with van der Waals surface area (Å²) in [5.74, 6) is -0.703. The Hall–Kier alpha value is 0.160. The molecule has 0 aromatic rings. The quantitative estimate of drug-likeness (QED) is 0.429. The van der Waals surface area contributed by atoms with E-state index in [9.17, 15) is 4.79 Å². The van der Waals surface area contributed by atoms with Gasteiger partial charge in [0.15, 0.2) is 0 Å². The van der Waals surface area contributed by atoms with Crippen LogP contribution in [0.2, 0.25) is 0 Å². The number of halogens is 1. The van der Waals surface area contributed by atoms with Gasteiger partial charge in [-0.05, 0) is 0 Å². The zero-order chi connectivity index (χ0) is 8.48. The predicted octanol–water partition coefficient (Wildman–Crippen LogP) is -2.44. The molecule has 1 aliphatic heterocycles. The topological polar surface area (TPSA) is 37.3 Å². The highest BCUT2D eigenvalue weighted by Gasteiger charge is 2.29. The lowest BCUT2D eigenvalue weighted by Crippen LogP contribution is -3.00. The van der Waals surface area contributed by atoms with E-state index in [1.54, 1.807) is 0 Å². The number of aliphatic carboxylic acids is 1. The number of piperidine rings is 1. The van der Waals surface area contributed by atoms with Crippen LogP contribution in [0.5, 0.6) is 0 Å². The van der Waals surface area contributed by atoms with Crippen molar-refractivity contribution in [2.75, 3.05) is 27.2 Å². The molecular weight excluding hydrogens is 269 g/mol. The fourth-order valence-electron chi connectivity index (χ4n) is 1.51. The standard InChI is InChI=1S/C8H15NO2.I/c1-9(2)5-3-7(4-6-9)8(10)11;/h7H,3-6H2,1-2H3;/q;+1/p+1. The van der Waals surface area contributed by atoms with E-state index >= 15 is 0 Å². The second kappa shape index (κ2) is 4.41. The summed E-state index contributed by atoms with van der Waals surface area (Å²) in [5, 5.41) is 8.70. The monoisotopic (exact) mass is 285 g/mol. The Bertz CT molecular complexity index is 160. The van der Waals surface area contributed by atoms with Gasteiger partial charge in [0.25, 0.3) is 0 Å². The van der Waals surface area contributed by atoms with E-state index in [0.29, 0.717) is 0 Å². The van der Waals surface area contributed by atoms with Crippen molar-refractivity contribution in [3.63, 3.8) is 0 Å². The van der Waals surface area contributed by atoms with Gasteiger partial charge in [0.05, 0.1) is 33.1 Å². The third-order valence-corrected chi connectivity index (χ3v) is 2.52. The van der Waals surface area contributed by atoms with E-state index in [-0.39, 0.29) is 29.9 Å². The molecule has 70 valence electrons. The van der Waals surface area contributed by atoms with Crippen LogP contribution in [0, 0.1) is 5.92 Å². The number of quaternary nitrogens is 1. The molecule has 1 rings (SSSR count). The lowest BCUT2D eigenvalue weighted by molar-refractivity contribution is -0.895. The molecule has 0 aromatic carbocycles. The number of hydrogen-bond donors (Lipinski definition) is 1. The Kier molecular flexibility index (Phi) is 4.47. The fourth-order valence-corrected chi connectivity index (χ4v) is 1.51. The summed E-state index contributed by atoms with van der Waals surface area (Å²) in [6.45, 7) is 1.99. The number of nitrogens with zero attached hydrogens (tertiary/aromatic N) is 1. The lowest BCUT2D eigenvalue weighted by atomic mass is 9.96. The molecule has 1 aliphatic rings. The fraction of sp³-hybridized carbons (Fsp3) is 0.875. The van der Waals surface area contributed by atoms with Gasteiger partial charge in [0.1, 0.15) is 0 Å². The molecule has 1 heterocycles. The van der Waals surface area contributed by atoms with Crippen molar-refractivity contribution < 1.29 is 38.4 Å². The smallest absolute Gasteiger partial charge is 0.481 e. The number of likely N-dealkylation sites (tertiary alicyclic amines) is 1. The molecule has 4 heteroatoms. The molecule has 0 aliphatic carbocycles. The minimum Gasteiger partial charge on any atom is -0.481 e. The van der Waals surface area contributed by atoms with Crippen molar-refractivity contribution in [1.82, 2.24) is 0 Å². The van der Waals surface area contributed by atoms with Crippen molar-refractivity contribution in [1.29, 1.82) is 0 Å². The SMILES string of the molecule is C[N+]1(C)CCC(C(=O)O)CC1.[I+]. The minimum absolute atomic E-state index is 0. The molecule has 0 saturated carbocycles. The summed E-state index contributed by atoms with van der Waals surface area (Å²) in [6, 6.07) is 0. The molecule has 0 aromatic heterocycles. The predicted molar refractivity (Wildman–Crippen MR) is 42.2 cm³/mol. The van der Waals surface area contributed by atoms with Crippen LogP contribution in [0.3, 0.4) is 0 Å². The first-order valence-corrected chi connectivity index (χ1v) is 4.06. The lowest BCUT2D eigenvalue weighted by Gasteiger charge is -2.35. The zero-order valence-electron chi connectivity index (χ0n) is 7.59. The summed E-state index contributed by atoms with van der Waals surface area (Å²) in [4.78, 5) is 10.6. The second-order valence-corrected chi connectivity index (χ2v) is 4.00. The maximum Gasteiger partial charge on any atom is 1.00 e. The van der Waals surface area contributed by atoms with Gasteiger partial charge in [-0.1, -0.05) is 0 Å². The summed E-state index contributed by atoms with van der Waals surface area (Å²) >= 11 is 0. The molecule has 2 radical (unpaired) electrons. The van der Waals surface area contributed by atoms with Crippen molar-refractivity contribution >= 4 is 5.97 Å². The van der Waals surface area contributed by atoms with Crippen molar-refractivity contribution in [3.05, 3.63) is 0 Å². The van der Waals surface area contributed by atoms with Gasteiger partial charge >= 0.3 is 29.9 Å². The van der Waals surface area contributed by atoms with E-state index in [4.69, 9.17) is 5.11 Å². The zero-order valence-corrected chi connectivity index (χ0v) is 9.74. The third-order valence-electron chi connectivity index (χ3n) is 2.52. The Morgan fingerprint density at radius 2 is 1.75 bits per heavy atom. The Labute approximate surface area is 90.4 Å². The highest BCUT2D eigenvalue weighted by atomic mass is 127. The summed E-state index contributed by atoms with van der Waals surface area (Å²) in [6.07, 6.45) is 1.67. The largest absolute Gasteiger partial charge is 1.00 e. The van der Waals surface area contributed by atoms with Crippen LogP contribution >= 0.6 is 0 Å². The first-order valence-electron chi connectivity index (χ1n) is 4.06.